The summed E-state index contributed by atoms with van der Waals surface area (Å²) in [6.07, 6.45) is 0. The van der Waals surface area contributed by atoms with Gasteiger partial charge in [-0.2, -0.15) is 0 Å². The fourth-order valence-corrected chi connectivity index (χ4v) is 4.29. The van der Waals surface area contributed by atoms with Gasteiger partial charge in [0.15, 0.2) is 60.3 Å². The van der Waals surface area contributed by atoms with Crippen LogP contribution in [0.2, 0.25) is 0 Å². The second-order valence-corrected chi connectivity index (χ2v) is 13.6. The Hall–Kier alpha value is -0.470. The minimum absolute atomic E-state index is 0.201. The molecule has 4 unspecified atom stereocenters. The van der Waals surface area contributed by atoms with Crippen LogP contribution in [0, 0.1) is 0 Å². The maximum Gasteiger partial charge on any atom is 0.333 e. The van der Waals surface area contributed by atoms with Crippen LogP contribution in [0.15, 0.2) is 42.5 Å². The number of hydrogen-bond acceptors (Lipinski definition) is 7. The summed E-state index contributed by atoms with van der Waals surface area (Å²) < 4.78 is 29.5. The Balaban J connectivity index is 0.00000142. The van der Waals surface area contributed by atoms with Crippen molar-refractivity contribution < 1.29 is 33.0 Å². The smallest absolute Gasteiger partial charge is 0.333 e. The second-order valence-electron chi connectivity index (χ2n) is 6.69. The van der Waals surface area contributed by atoms with E-state index in [1.54, 1.807) is 30.3 Å². The van der Waals surface area contributed by atoms with E-state index in [2.05, 4.69) is 33.3 Å². The van der Waals surface area contributed by atoms with E-state index in [0.717, 1.165) is 4.90 Å². The molecule has 1 aliphatic rings. The van der Waals surface area contributed by atoms with Gasteiger partial charge in [0.05, 0.1) is 10.4 Å². The van der Waals surface area contributed by atoms with Crippen LogP contribution in [0.1, 0.15) is 6.92 Å². The van der Waals surface area contributed by atoms with Crippen LogP contribution in [0.25, 0.3) is 0 Å². The maximum absolute atomic E-state index is 12.7. The summed E-state index contributed by atoms with van der Waals surface area (Å²) in [5, 5.41) is 1.20. The maximum atomic E-state index is 12.7. The molecule has 0 radical (unpaired) electrons. The molecule has 2 rings (SSSR count). The molecule has 1 aliphatic heterocycles. The number of alkyl halides is 3. The van der Waals surface area contributed by atoms with Crippen LogP contribution in [0.4, 0.5) is 0 Å². The first-order chi connectivity index (χ1) is 16.2. The number of nitrogens with zero attached hydrogens (tertiary/aromatic N) is 1. The average Bonchev–Trinajstić information content (AvgIpc) is 2.74. The summed E-state index contributed by atoms with van der Waals surface area (Å²) in [6.45, 7) is 4.16. The molecule has 9 nitrogen and oxygen atoms in total. The number of para-hydroxylation sites is 1. The molecule has 35 heavy (non-hydrogen) atoms. The van der Waals surface area contributed by atoms with Gasteiger partial charge in [0.2, 0.25) is 9.17 Å². The Bertz CT molecular complexity index is 889. The Labute approximate surface area is 236 Å². The van der Waals surface area contributed by atoms with Gasteiger partial charge in [0.1, 0.15) is 12.4 Å². The topological polar surface area (TPSA) is 131 Å². The highest BCUT2D eigenvalue weighted by Crippen LogP contribution is 2.33. The highest BCUT2D eigenvalue weighted by molar-refractivity contribution is 8.31. The summed E-state index contributed by atoms with van der Waals surface area (Å²) in [6, 6.07) is 5.99. The number of benzene rings is 1. The third kappa shape index (κ3) is 11.2. The molecule has 1 aromatic carbocycles. The second kappa shape index (κ2) is 15.1. The van der Waals surface area contributed by atoms with Gasteiger partial charge in [-0.1, -0.05) is 59.6 Å². The molecule has 4 atom stereocenters. The summed E-state index contributed by atoms with van der Waals surface area (Å²) in [5.41, 5.74) is 0.201. The van der Waals surface area contributed by atoms with Gasteiger partial charge >= 0.3 is 5.97 Å². The fraction of sp³-hybridized carbons (Fsp3) is 0.389. The Morgan fingerprint density at radius 1 is 1.20 bits per heavy atom. The van der Waals surface area contributed by atoms with Gasteiger partial charge in [-0.15, -0.1) is 0 Å². The lowest BCUT2D eigenvalue weighted by Gasteiger charge is -2.47. The molecular weight excluding hydrogens is 633 g/mol. The normalized spacial score (nSPS) is 19.0. The number of halogens is 6. The van der Waals surface area contributed by atoms with Crippen molar-refractivity contribution in [3.05, 3.63) is 42.5 Å². The number of ether oxygens (including phenoxy) is 2. The van der Waals surface area contributed by atoms with Crippen LogP contribution in [0.5, 0.6) is 5.75 Å². The number of nitrogens with one attached hydrogen (secondary N) is 1. The van der Waals surface area contributed by atoms with Gasteiger partial charge in [-0.25, -0.2) is 4.79 Å². The zero-order valence-corrected chi connectivity index (χ0v) is 23.8. The van der Waals surface area contributed by atoms with E-state index in [0.29, 0.717) is 5.75 Å². The number of β-lactam (4-membered cyclic amide) rings is 1. The third-order valence-corrected chi connectivity index (χ3v) is 5.80. The molecule has 1 aromatic rings. The number of amides is 2. The Morgan fingerprint density at radius 3 is 2.20 bits per heavy atom. The highest BCUT2D eigenvalue weighted by Gasteiger charge is 2.60. The van der Waals surface area contributed by atoms with Crippen LogP contribution in [0.3, 0.4) is 0 Å². The van der Waals surface area contributed by atoms with Crippen molar-refractivity contribution in [2.45, 2.75) is 28.2 Å². The number of rotatable bonds is 9. The number of carbonyl (C=O) groups excluding carboxylic acids is 3. The molecule has 196 valence electrons. The Kier molecular flexibility index (Phi) is 14.0. The van der Waals surface area contributed by atoms with Crippen molar-refractivity contribution >= 4 is 105 Å². The third-order valence-electron chi connectivity index (χ3n) is 4.05. The molecule has 0 aliphatic carbocycles. The van der Waals surface area contributed by atoms with E-state index < -0.39 is 65.6 Å². The molecule has 1 N–H and O–H groups in total. The average molecular weight is 651 g/mol. The van der Waals surface area contributed by atoms with E-state index in [1.165, 1.54) is 6.92 Å². The zero-order valence-electron chi connectivity index (χ0n) is 17.6. The summed E-state index contributed by atoms with van der Waals surface area (Å²) >= 11 is 16.7. The summed E-state index contributed by atoms with van der Waals surface area (Å²) in [7, 11) is 11.0. The Morgan fingerprint density at radius 2 is 1.74 bits per heavy atom. The number of carbonyl (C=O) groups is 3. The van der Waals surface area contributed by atoms with Crippen LogP contribution in [-0.4, -0.2) is 66.3 Å². The van der Waals surface area contributed by atoms with E-state index in [-0.39, 0.29) is 12.2 Å². The van der Waals surface area contributed by atoms with Gasteiger partial charge < -0.3 is 23.9 Å². The van der Waals surface area contributed by atoms with Gasteiger partial charge in [0, 0.05) is 0 Å². The molecule has 17 heteroatoms. The zero-order chi connectivity index (χ0) is 26.9. The molecule has 2 amide bonds. The van der Waals surface area contributed by atoms with Crippen LogP contribution < -0.4 is 10.1 Å². The molecule has 0 bridgehead atoms. The van der Waals surface area contributed by atoms with E-state index in [9.17, 15) is 18.9 Å². The van der Waals surface area contributed by atoms with Crippen molar-refractivity contribution in [3.63, 3.8) is 0 Å². The highest BCUT2D eigenvalue weighted by atomic mass is 36.0. The van der Waals surface area contributed by atoms with Gasteiger partial charge in [-0.3, -0.25) is 14.5 Å². The molecule has 0 saturated carbocycles. The lowest BCUT2D eigenvalue weighted by molar-refractivity contribution is -0.163. The molecular formula is C18H18Cl6N2O7S2. The molecule has 1 fully saturated rings. The van der Waals surface area contributed by atoms with Crippen molar-refractivity contribution in [1.82, 2.24) is 10.2 Å². The minimum Gasteiger partial charge on any atom is -0.597 e. The van der Waals surface area contributed by atoms with Crippen LogP contribution >= 0.6 is 66.8 Å². The quantitative estimate of drug-likeness (QED) is 0.142. The van der Waals surface area contributed by atoms with Gasteiger partial charge in [0.25, 0.3) is 11.8 Å². The van der Waals surface area contributed by atoms with Crippen molar-refractivity contribution in [2.24, 2.45) is 0 Å². The lowest BCUT2D eigenvalue weighted by Crippen LogP contribution is -2.76. The summed E-state index contributed by atoms with van der Waals surface area (Å²) in [5.74, 6) is -1.84. The first kappa shape index (κ1) is 32.6. The molecule has 1 heterocycles. The SMILES string of the molecule is C=C(C)C(C(=O)OCC(Cl)(Cl)Cl)N1C(=O)C(NC(=O)COc2ccccc2)C1[S+]([O-])Cl.[O-][S+](Cl)Cl. The van der Waals surface area contributed by atoms with E-state index in [4.69, 9.17) is 59.5 Å². The van der Waals surface area contributed by atoms with Gasteiger partial charge in [-0.05, 0) is 24.6 Å². The van der Waals surface area contributed by atoms with E-state index in [1.807, 2.05) is 0 Å². The molecule has 1 saturated heterocycles. The van der Waals surface area contributed by atoms with Crippen molar-refractivity contribution in [1.29, 1.82) is 0 Å². The predicted octanol–water partition coefficient (Wildman–Crippen LogP) is 3.52. The molecule has 0 spiro atoms. The van der Waals surface area contributed by atoms with Crippen LogP contribution in [-0.2, 0) is 39.1 Å². The fourth-order valence-electron chi connectivity index (χ4n) is 2.75. The summed E-state index contributed by atoms with van der Waals surface area (Å²) in [4.78, 5) is 38.3. The minimum atomic E-state index is -2.14. The van der Waals surface area contributed by atoms with E-state index >= 15 is 0 Å². The number of esters is 1. The monoisotopic (exact) mass is 648 g/mol. The first-order valence-electron chi connectivity index (χ1n) is 9.15. The standard InChI is InChI=1S/C18H18Cl4N2O6S.Cl2OS/c1-10(2)14(17(27)30-9-18(19,20)21)24-15(26)13(16(24)31(22)28)23-12(25)8-29-11-6-4-3-5-7-11;1-4(2)3/h3-7,13-14,16H,1,8-9H2,2H3,(H,23,25);. The lowest BCUT2D eigenvalue weighted by atomic mass is 9.99. The number of likely N-dealkylation sites (tertiary alicyclic amines) is 1. The largest absolute Gasteiger partial charge is 0.597 e. The van der Waals surface area contributed by atoms with Crippen molar-refractivity contribution in [3.8, 4) is 5.75 Å². The molecule has 0 aromatic heterocycles. The number of hydrogen-bond donors (Lipinski definition) is 1. The predicted molar refractivity (Wildman–Crippen MR) is 138 cm³/mol. The first-order valence-corrected chi connectivity index (χ1v) is 15.1. The van der Waals surface area contributed by atoms with Crippen molar-refractivity contribution in [2.75, 3.05) is 13.2 Å².